The van der Waals surface area contributed by atoms with Crippen LogP contribution in [0.15, 0.2) is 42.9 Å². The number of rotatable bonds is 6. The molecular weight excluding hydrogens is 443 g/mol. The van der Waals surface area contributed by atoms with Crippen LogP contribution in [0.3, 0.4) is 0 Å². The second-order valence-corrected chi connectivity index (χ2v) is 9.69. The van der Waals surface area contributed by atoms with Gasteiger partial charge < -0.3 is 4.90 Å². The summed E-state index contributed by atoms with van der Waals surface area (Å²) in [7, 11) is 0. The third kappa shape index (κ3) is 4.14. The Hall–Kier alpha value is -2.80. The average molecular weight is 469 g/mol. The number of nitrogens with zero attached hydrogens (tertiary/aromatic N) is 4. The minimum atomic E-state index is -0.401. The van der Waals surface area contributed by atoms with E-state index >= 15 is 0 Å². The molecule has 1 aliphatic carbocycles. The van der Waals surface area contributed by atoms with Gasteiger partial charge in [-0.3, -0.25) is 9.59 Å². The molecule has 1 aliphatic heterocycles. The number of aromatic nitrogens is 3. The first-order chi connectivity index (χ1) is 16.0. The van der Waals surface area contributed by atoms with Crippen LogP contribution in [0.25, 0.3) is 5.65 Å². The van der Waals surface area contributed by atoms with Crippen LogP contribution in [-0.4, -0.2) is 32.8 Å². The summed E-state index contributed by atoms with van der Waals surface area (Å²) in [5.74, 6) is 0.322. The summed E-state index contributed by atoms with van der Waals surface area (Å²) in [5.41, 5.74) is 1.46. The van der Waals surface area contributed by atoms with Crippen molar-refractivity contribution in [2.24, 2.45) is 11.3 Å². The van der Waals surface area contributed by atoms with E-state index in [0.717, 1.165) is 44.9 Å². The zero-order valence-corrected chi connectivity index (χ0v) is 19.1. The summed E-state index contributed by atoms with van der Waals surface area (Å²) in [5, 5.41) is 4.47. The minimum absolute atomic E-state index is 0.0776. The average Bonchev–Trinajstić information content (AvgIpc) is 3.38. The molecule has 33 heavy (non-hydrogen) atoms. The van der Waals surface area contributed by atoms with Crippen LogP contribution < -0.4 is 4.90 Å². The van der Waals surface area contributed by atoms with Gasteiger partial charge in [-0.2, -0.15) is 5.10 Å². The summed E-state index contributed by atoms with van der Waals surface area (Å²) >= 11 is 6.21. The van der Waals surface area contributed by atoms with Crippen molar-refractivity contribution in [3.8, 4) is 0 Å². The van der Waals surface area contributed by atoms with Gasteiger partial charge in [-0.1, -0.05) is 18.0 Å². The lowest BCUT2D eigenvalue weighted by molar-refractivity contribution is -0.127. The summed E-state index contributed by atoms with van der Waals surface area (Å²) in [6.07, 6.45) is 11.8. The zero-order valence-electron chi connectivity index (χ0n) is 18.3. The molecule has 1 amide bonds. The first kappa shape index (κ1) is 22.0. The minimum Gasteiger partial charge on any atom is -0.310 e. The Labute approximate surface area is 196 Å². The van der Waals surface area contributed by atoms with Crippen molar-refractivity contribution in [1.82, 2.24) is 14.6 Å². The third-order valence-corrected chi connectivity index (χ3v) is 7.67. The van der Waals surface area contributed by atoms with Gasteiger partial charge in [0.2, 0.25) is 5.91 Å². The van der Waals surface area contributed by atoms with Gasteiger partial charge in [-0.25, -0.2) is 13.9 Å². The molecule has 0 atom stereocenters. The Balaban J connectivity index is 1.14. The van der Waals surface area contributed by atoms with Crippen molar-refractivity contribution in [3.63, 3.8) is 0 Å². The molecule has 1 aromatic carbocycles. The molecule has 3 aromatic rings. The van der Waals surface area contributed by atoms with E-state index in [0.29, 0.717) is 35.8 Å². The number of ketones is 1. The van der Waals surface area contributed by atoms with Gasteiger partial charge in [-0.15, -0.1) is 0 Å². The predicted octanol–water partition coefficient (Wildman–Crippen LogP) is 5.49. The fraction of sp³-hybridized carbons (Fsp3) is 0.440. The highest BCUT2D eigenvalue weighted by Gasteiger charge is 2.48. The molecule has 2 aliphatic rings. The monoisotopic (exact) mass is 468 g/mol. The van der Waals surface area contributed by atoms with Crippen LogP contribution in [0, 0.1) is 17.2 Å². The molecule has 5 rings (SSSR count). The largest absolute Gasteiger partial charge is 0.310 e. The van der Waals surface area contributed by atoms with Gasteiger partial charge in [0.1, 0.15) is 5.82 Å². The number of hydrogen-bond acceptors (Lipinski definition) is 4. The Morgan fingerprint density at radius 2 is 2.06 bits per heavy atom. The van der Waals surface area contributed by atoms with E-state index < -0.39 is 5.82 Å². The van der Waals surface area contributed by atoms with Crippen molar-refractivity contribution >= 4 is 34.6 Å². The van der Waals surface area contributed by atoms with Gasteiger partial charge in [0.05, 0.1) is 27.9 Å². The highest BCUT2D eigenvalue weighted by atomic mass is 35.5. The lowest BCUT2D eigenvalue weighted by atomic mass is 9.68. The Morgan fingerprint density at radius 3 is 2.85 bits per heavy atom. The smallest absolute Gasteiger partial charge is 0.233 e. The molecule has 8 heteroatoms. The van der Waals surface area contributed by atoms with Gasteiger partial charge in [0, 0.05) is 25.4 Å². The number of hydrogen-bond donors (Lipinski definition) is 0. The summed E-state index contributed by atoms with van der Waals surface area (Å²) < 4.78 is 15.0. The summed E-state index contributed by atoms with van der Waals surface area (Å²) in [6, 6.07) is 5.99. The number of halogens is 2. The molecule has 1 spiro atoms. The van der Waals surface area contributed by atoms with Crippen LogP contribution in [0.1, 0.15) is 61.7 Å². The first-order valence-electron chi connectivity index (χ1n) is 11.6. The van der Waals surface area contributed by atoms with Gasteiger partial charge in [0.15, 0.2) is 11.4 Å². The summed E-state index contributed by atoms with van der Waals surface area (Å²) in [4.78, 5) is 31.9. The van der Waals surface area contributed by atoms with Crippen molar-refractivity contribution < 1.29 is 14.0 Å². The fourth-order valence-electron chi connectivity index (χ4n) is 5.44. The van der Waals surface area contributed by atoms with Crippen LogP contribution in [0.4, 0.5) is 10.1 Å². The van der Waals surface area contributed by atoms with Crippen molar-refractivity contribution in [2.75, 3.05) is 11.4 Å². The van der Waals surface area contributed by atoms with E-state index in [1.807, 2.05) is 0 Å². The Bertz CT molecular complexity index is 1200. The number of anilines is 1. The SMILES string of the molecule is O=C(CCCC1CCC2(CC1)CCN(c1ccc(F)cc1Cl)C2=O)c1cnn2cccnc12. The topological polar surface area (TPSA) is 67.6 Å². The molecule has 6 nitrogen and oxygen atoms in total. The van der Waals surface area contributed by atoms with E-state index in [4.69, 9.17) is 11.6 Å². The zero-order chi connectivity index (χ0) is 23.0. The predicted molar refractivity (Wildman–Crippen MR) is 124 cm³/mol. The maximum atomic E-state index is 13.4. The Morgan fingerprint density at radius 1 is 1.24 bits per heavy atom. The number of carbonyl (C=O) groups is 2. The number of carbonyl (C=O) groups excluding carboxylic acids is 2. The van der Waals surface area contributed by atoms with E-state index in [2.05, 4.69) is 10.1 Å². The standard InChI is InChI=1S/C25H26ClFN4O2/c26-20-15-18(27)5-6-21(20)30-14-11-25(24(30)33)9-7-17(8-10-25)3-1-4-22(32)19-16-29-31-13-2-12-28-23(19)31/h2,5-6,12-13,15-17H,1,3-4,7-11,14H2. The molecule has 1 saturated heterocycles. The molecule has 0 unspecified atom stereocenters. The number of fused-ring (bicyclic) bond motifs is 1. The second-order valence-electron chi connectivity index (χ2n) is 9.29. The second kappa shape index (κ2) is 8.86. The van der Waals surface area contributed by atoms with Crippen LogP contribution in [0.2, 0.25) is 5.02 Å². The van der Waals surface area contributed by atoms with E-state index in [1.165, 1.54) is 12.1 Å². The Kier molecular flexibility index (Phi) is 5.91. The lowest BCUT2D eigenvalue weighted by Crippen LogP contribution is -2.37. The van der Waals surface area contributed by atoms with Crippen molar-refractivity contribution in [1.29, 1.82) is 0 Å². The molecule has 3 heterocycles. The van der Waals surface area contributed by atoms with Gasteiger partial charge in [-0.05, 0) is 68.7 Å². The lowest BCUT2D eigenvalue weighted by Gasteiger charge is -2.36. The van der Waals surface area contributed by atoms with E-state index in [1.54, 1.807) is 40.1 Å². The molecule has 0 bridgehead atoms. The maximum absolute atomic E-state index is 13.4. The quantitative estimate of drug-likeness (QED) is 0.449. The van der Waals surface area contributed by atoms with Crippen LogP contribution >= 0.6 is 11.6 Å². The van der Waals surface area contributed by atoms with Crippen LogP contribution in [-0.2, 0) is 4.79 Å². The third-order valence-electron chi connectivity index (χ3n) is 7.37. The molecule has 0 N–H and O–H groups in total. The van der Waals surface area contributed by atoms with Gasteiger partial charge in [0.25, 0.3) is 0 Å². The molecule has 0 radical (unpaired) electrons. The molecule has 172 valence electrons. The molecular formula is C25H26ClFN4O2. The maximum Gasteiger partial charge on any atom is 0.233 e. The number of benzene rings is 1. The first-order valence-corrected chi connectivity index (χ1v) is 11.9. The molecule has 2 aromatic heterocycles. The van der Waals surface area contributed by atoms with E-state index in [9.17, 15) is 14.0 Å². The number of Topliss-reactive ketones (excluding diaryl/α,β-unsaturated/α-hetero) is 1. The van der Waals surface area contributed by atoms with Crippen molar-refractivity contribution in [3.05, 3.63) is 59.3 Å². The highest BCUT2D eigenvalue weighted by Crippen LogP contribution is 2.49. The van der Waals surface area contributed by atoms with Crippen molar-refractivity contribution in [2.45, 2.75) is 51.4 Å². The highest BCUT2D eigenvalue weighted by molar-refractivity contribution is 6.34. The fourth-order valence-corrected chi connectivity index (χ4v) is 5.71. The number of amides is 1. The normalized spacial score (nSPS) is 23.0. The van der Waals surface area contributed by atoms with Crippen LogP contribution in [0.5, 0.6) is 0 Å². The molecule has 1 saturated carbocycles. The van der Waals surface area contributed by atoms with Gasteiger partial charge >= 0.3 is 0 Å². The van der Waals surface area contributed by atoms with E-state index in [-0.39, 0.29) is 22.1 Å². The molecule has 2 fully saturated rings. The summed E-state index contributed by atoms with van der Waals surface area (Å²) in [6.45, 7) is 0.622.